The molecule has 0 aromatic heterocycles. The molecule has 0 aliphatic rings. The van der Waals surface area contributed by atoms with Gasteiger partial charge in [0, 0.05) is 18.2 Å². The molecule has 2 aromatic rings. The zero-order valence-electron chi connectivity index (χ0n) is 11.7. The molecule has 0 unspecified atom stereocenters. The molecular formula is C15H16N2O3. The second-order valence-corrected chi connectivity index (χ2v) is 3.97. The number of hydrogen-bond acceptors (Lipinski definition) is 5. The summed E-state index contributed by atoms with van der Waals surface area (Å²) in [6, 6.07) is 12.7. The highest BCUT2D eigenvalue weighted by molar-refractivity contribution is 5.50. The number of ether oxygens (including phenoxy) is 3. The van der Waals surface area contributed by atoms with Crippen molar-refractivity contribution in [3.63, 3.8) is 0 Å². The summed E-state index contributed by atoms with van der Waals surface area (Å²) < 4.78 is 15.5. The molecule has 0 atom stereocenters. The SMILES string of the molecule is COc1ccc(N=Nc2cc(OC)cc(OC)c2)cc1. The van der Waals surface area contributed by atoms with Crippen LogP contribution in [0.15, 0.2) is 52.7 Å². The van der Waals surface area contributed by atoms with Gasteiger partial charge in [-0.05, 0) is 24.3 Å². The first kappa shape index (κ1) is 13.9. The number of azo groups is 1. The highest BCUT2D eigenvalue weighted by atomic mass is 16.5. The van der Waals surface area contributed by atoms with E-state index >= 15 is 0 Å². The van der Waals surface area contributed by atoms with E-state index in [2.05, 4.69) is 10.2 Å². The lowest BCUT2D eigenvalue weighted by Crippen LogP contribution is -1.86. The Morgan fingerprint density at radius 3 is 1.60 bits per heavy atom. The fraction of sp³-hybridized carbons (Fsp3) is 0.200. The first-order valence-electron chi connectivity index (χ1n) is 6.04. The van der Waals surface area contributed by atoms with Crippen molar-refractivity contribution >= 4 is 11.4 Å². The lowest BCUT2D eigenvalue weighted by molar-refractivity contribution is 0.394. The second kappa shape index (κ2) is 6.56. The van der Waals surface area contributed by atoms with Crippen LogP contribution in [0.3, 0.4) is 0 Å². The standard InChI is InChI=1S/C15H16N2O3/c1-18-13-6-4-11(5-7-13)16-17-12-8-14(19-2)10-15(9-12)20-3/h4-10H,1-3H3. The third-order valence-electron chi connectivity index (χ3n) is 2.69. The Labute approximate surface area is 117 Å². The molecule has 0 saturated carbocycles. The Balaban J connectivity index is 2.21. The van der Waals surface area contributed by atoms with E-state index in [4.69, 9.17) is 14.2 Å². The maximum absolute atomic E-state index is 5.18. The van der Waals surface area contributed by atoms with Crippen molar-refractivity contribution in [2.45, 2.75) is 0 Å². The van der Waals surface area contributed by atoms with Crippen molar-refractivity contribution in [2.75, 3.05) is 21.3 Å². The number of methoxy groups -OCH3 is 3. The van der Waals surface area contributed by atoms with Crippen LogP contribution in [0.2, 0.25) is 0 Å². The van der Waals surface area contributed by atoms with Crippen LogP contribution in [-0.2, 0) is 0 Å². The Morgan fingerprint density at radius 2 is 1.10 bits per heavy atom. The van der Waals surface area contributed by atoms with Gasteiger partial charge in [-0.2, -0.15) is 10.2 Å². The topological polar surface area (TPSA) is 52.4 Å². The molecule has 104 valence electrons. The molecule has 0 N–H and O–H groups in total. The van der Waals surface area contributed by atoms with Crippen LogP contribution in [-0.4, -0.2) is 21.3 Å². The lowest BCUT2D eigenvalue weighted by atomic mass is 10.3. The lowest BCUT2D eigenvalue weighted by Gasteiger charge is -2.04. The van der Waals surface area contributed by atoms with Crippen LogP contribution in [0.4, 0.5) is 11.4 Å². The summed E-state index contributed by atoms with van der Waals surface area (Å²) in [5, 5.41) is 8.33. The fourth-order valence-corrected chi connectivity index (χ4v) is 1.61. The van der Waals surface area contributed by atoms with Crippen molar-refractivity contribution in [3.8, 4) is 17.2 Å². The molecular weight excluding hydrogens is 256 g/mol. The van der Waals surface area contributed by atoms with E-state index in [1.807, 2.05) is 24.3 Å². The van der Waals surface area contributed by atoms with Gasteiger partial charge < -0.3 is 14.2 Å². The van der Waals surface area contributed by atoms with E-state index in [-0.39, 0.29) is 0 Å². The largest absolute Gasteiger partial charge is 0.497 e. The predicted molar refractivity (Wildman–Crippen MR) is 76.7 cm³/mol. The van der Waals surface area contributed by atoms with E-state index in [0.717, 1.165) is 11.4 Å². The van der Waals surface area contributed by atoms with Crippen molar-refractivity contribution in [3.05, 3.63) is 42.5 Å². The smallest absolute Gasteiger partial charge is 0.124 e. The summed E-state index contributed by atoms with van der Waals surface area (Å²) in [6.07, 6.45) is 0. The van der Waals surface area contributed by atoms with Gasteiger partial charge >= 0.3 is 0 Å². The molecule has 0 radical (unpaired) electrons. The molecule has 0 amide bonds. The van der Waals surface area contributed by atoms with E-state index in [0.29, 0.717) is 17.2 Å². The van der Waals surface area contributed by atoms with Gasteiger partial charge in [0.15, 0.2) is 0 Å². The molecule has 20 heavy (non-hydrogen) atoms. The number of rotatable bonds is 5. The van der Waals surface area contributed by atoms with E-state index < -0.39 is 0 Å². The summed E-state index contributed by atoms with van der Waals surface area (Å²) in [7, 11) is 4.82. The molecule has 2 aromatic carbocycles. The summed E-state index contributed by atoms with van der Waals surface area (Å²) in [5.74, 6) is 2.13. The third kappa shape index (κ3) is 3.47. The number of benzene rings is 2. The van der Waals surface area contributed by atoms with Crippen LogP contribution in [0, 0.1) is 0 Å². The van der Waals surface area contributed by atoms with Crippen LogP contribution < -0.4 is 14.2 Å². The molecule has 0 spiro atoms. The van der Waals surface area contributed by atoms with Crippen molar-refractivity contribution < 1.29 is 14.2 Å². The molecule has 0 aliphatic carbocycles. The minimum Gasteiger partial charge on any atom is -0.497 e. The highest BCUT2D eigenvalue weighted by Gasteiger charge is 2.01. The Hall–Kier alpha value is -2.56. The normalized spacial score (nSPS) is 10.6. The van der Waals surface area contributed by atoms with Crippen molar-refractivity contribution in [2.24, 2.45) is 10.2 Å². The Morgan fingerprint density at radius 1 is 0.600 bits per heavy atom. The maximum Gasteiger partial charge on any atom is 0.124 e. The minimum atomic E-state index is 0.664. The average Bonchev–Trinajstić information content (AvgIpc) is 2.53. The molecule has 5 heteroatoms. The van der Waals surface area contributed by atoms with Gasteiger partial charge in [-0.25, -0.2) is 0 Å². The summed E-state index contributed by atoms with van der Waals surface area (Å²) in [6.45, 7) is 0. The third-order valence-corrected chi connectivity index (χ3v) is 2.69. The predicted octanol–water partition coefficient (Wildman–Crippen LogP) is 4.13. The summed E-state index contributed by atoms with van der Waals surface area (Å²) >= 11 is 0. The zero-order chi connectivity index (χ0) is 14.4. The van der Waals surface area contributed by atoms with E-state index in [1.165, 1.54) is 0 Å². The van der Waals surface area contributed by atoms with Crippen LogP contribution in [0.1, 0.15) is 0 Å². The summed E-state index contributed by atoms with van der Waals surface area (Å²) in [5.41, 5.74) is 1.41. The van der Waals surface area contributed by atoms with Crippen molar-refractivity contribution in [1.29, 1.82) is 0 Å². The highest BCUT2D eigenvalue weighted by Crippen LogP contribution is 2.29. The van der Waals surface area contributed by atoms with Gasteiger partial charge in [-0.1, -0.05) is 0 Å². The van der Waals surface area contributed by atoms with Crippen LogP contribution in [0.5, 0.6) is 17.2 Å². The Kier molecular flexibility index (Phi) is 4.55. The van der Waals surface area contributed by atoms with Gasteiger partial charge in [0.25, 0.3) is 0 Å². The van der Waals surface area contributed by atoms with Crippen molar-refractivity contribution in [1.82, 2.24) is 0 Å². The number of nitrogens with zero attached hydrogens (tertiary/aromatic N) is 2. The summed E-state index contributed by atoms with van der Waals surface area (Å²) in [4.78, 5) is 0. The molecule has 0 saturated heterocycles. The second-order valence-electron chi connectivity index (χ2n) is 3.97. The fourth-order valence-electron chi connectivity index (χ4n) is 1.61. The molecule has 0 aliphatic heterocycles. The van der Waals surface area contributed by atoms with E-state index in [1.54, 1.807) is 39.5 Å². The quantitative estimate of drug-likeness (QED) is 0.769. The maximum atomic E-state index is 5.18. The van der Waals surface area contributed by atoms with E-state index in [9.17, 15) is 0 Å². The van der Waals surface area contributed by atoms with Gasteiger partial charge in [0.1, 0.15) is 17.2 Å². The van der Waals surface area contributed by atoms with Gasteiger partial charge in [-0.3, -0.25) is 0 Å². The molecule has 0 bridgehead atoms. The van der Waals surface area contributed by atoms with Gasteiger partial charge in [-0.15, -0.1) is 0 Å². The first-order chi connectivity index (χ1) is 9.75. The van der Waals surface area contributed by atoms with Crippen LogP contribution >= 0.6 is 0 Å². The Bertz CT molecular complexity index is 572. The van der Waals surface area contributed by atoms with Crippen LogP contribution in [0.25, 0.3) is 0 Å². The minimum absolute atomic E-state index is 0.664. The first-order valence-corrected chi connectivity index (χ1v) is 6.04. The molecule has 5 nitrogen and oxygen atoms in total. The average molecular weight is 272 g/mol. The van der Waals surface area contributed by atoms with Gasteiger partial charge in [0.2, 0.25) is 0 Å². The molecule has 2 rings (SSSR count). The molecule has 0 heterocycles. The number of hydrogen-bond donors (Lipinski definition) is 0. The molecule has 0 fully saturated rings. The monoisotopic (exact) mass is 272 g/mol. The van der Waals surface area contributed by atoms with Gasteiger partial charge in [0.05, 0.1) is 32.7 Å². The zero-order valence-corrected chi connectivity index (χ0v) is 11.7.